The van der Waals surface area contributed by atoms with E-state index in [9.17, 15) is 13.2 Å². The fourth-order valence-corrected chi connectivity index (χ4v) is 1.51. The van der Waals surface area contributed by atoms with Crippen LogP contribution in [0.4, 0.5) is 13.2 Å². The van der Waals surface area contributed by atoms with E-state index in [4.69, 9.17) is 5.26 Å². The number of rotatable bonds is 3. The summed E-state index contributed by atoms with van der Waals surface area (Å²) in [5.74, 6) is 0. The van der Waals surface area contributed by atoms with Crippen LogP contribution in [0.15, 0.2) is 6.07 Å². The topological polar surface area (TPSA) is 41.6 Å². The van der Waals surface area contributed by atoms with Gasteiger partial charge in [0.15, 0.2) is 5.69 Å². The number of hydrogen-bond donors (Lipinski definition) is 0. The zero-order valence-corrected chi connectivity index (χ0v) is 9.04. The van der Waals surface area contributed by atoms with E-state index in [1.807, 2.05) is 13.0 Å². The first-order chi connectivity index (χ1) is 7.40. The van der Waals surface area contributed by atoms with Crippen molar-refractivity contribution in [1.29, 1.82) is 5.26 Å². The molecule has 0 aliphatic rings. The lowest BCUT2D eigenvalue weighted by Gasteiger charge is -2.13. The van der Waals surface area contributed by atoms with Crippen LogP contribution in [0.25, 0.3) is 0 Å². The van der Waals surface area contributed by atoms with Crippen molar-refractivity contribution in [2.45, 2.75) is 38.9 Å². The molecule has 0 radical (unpaired) electrons. The van der Waals surface area contributed by atoms with Crippen molar-refractivity contribution < 1.29 is 13.2 Å². The van der Waals surface area contributed by atoms with Gasteiger partial charge in [0.1, 0.15) is 0 Å². The van der Waals surface area contributed by atoms with Crippen molar-refractivity contribution in [2.75, 3.05) is 0 Å². The van der Waals surface area contributed by atoms with Gasteiger partial charge in [0.05, 0.1) is 18.5 Å². The fraction of sp³-hybridized carbons (Fsp3) is 0.600. The Morgan fingerprint density at radius 2 is 2.19 bits per heavy atom. The minimum atomic E-state index is -4.43. The number of alkyl halides is 3. The summed E-state index contributed by atoms with van der Waals surface area (Å²) in [7, 11) is 0. The first kappa shape index (κ1) is 12.6. The van der Waals surface area contributed by atoms with E-state index in [0.717, 1.165) is 6.07 Å². The smallest absolute Gasteiger partial charge is 0.265 e. The maximum absolute atomic E-state index is 12.4. The van der Waals surface area contributed by atoms with Crippen molar-refractivity contribution in [3.8, 4) is 6.07 Å². The Bertz CT molecular complexity index is 400. The molecule has 0 aliphatic carbocycles. The molecule has 0 aromatic carbocycles. The third kappa shape index (κ3) is 2.54. The van der Waals surface area contributed by atoms with Crippen molar-refractivity contribution >= 4 is 0 Å². The zero-order chi connectivity index (χ0) is 12.3. The summed E-state index contributed by atoms with van der Waals surface area (Å²) in [4.78, 5) is 0. The highest BCUT2D eigenvalue weighted by Crippen LogP contribution is 2.30. The molecule has 1 aromatic rings. The van der Waals surface area contributed by atoms with Gasteiger partial charge in [-0.1, -0.05) is 6.92 Å². The second-order valence-electron chi connectivity index (χ2n) is 3.54. The highest BCUT2D eigenvalue weighted by atomic mass is 19.4. The molecule has 6 heteroatoms. The number of aromatic nitrogens is 2. The van der Waals surface area contributed by atoms with Crippen LogP contribution in [0.2, 0.25) is 0 Å². The average molecular weight is 231 g/mol. The van der Waals surface area contributed by atoms with E-state index in [-0.39, 0.29) is 12.5 Å². The lowest BCUT2D eigenvalue weighted by molar-refractivity contribution is -0.141. The van der Waals surface area contributed by atoms with E-state index in [0.29, 0.717) is 12.1 Å². The Balaban J connectivity index is 3.06. The van der Waals surface area contributed by atoms with Crippen LogP contribution in [0.3, 0.4) is 0 Å². The normalized spacial score (nSPS) is 13.5. The summed E-state index contributed by atoms with van der Waals surface area (Å²) in [6, 6.07) is 2.66. The fourth-order valence-electron chi connectivity index (χ4n) is 1.51. The highest BCUT2D eigenvalue weighted by molar-refractivity contribution is 5.12. The lowest BCUT2D eigenvalue weighted by Crippen LogP contribution is -2.13. The predicted molar refractivity (Wildman–Crippen MR) is 51.5 cm³/mol. The molecule has 0 saturated heterocycles. The SMILES string of the molecule is CCC(CC#N)n1nc(C(F)(F)F)cc1C. The molecular formula is C10H12F3N3. The minimum Gasteiger partial charge on any atom is -0.265 e. The molecule has 1 aromatic heterocycles. The number of nitrogens with zero attached hydrogens (tertiary/aromatic N) is 3. The summed E-state index contributed by atoms with van der Waals surface area (Å²) in [5, 5.41) is 12.1. The number of nitriles is 1. The van der Waals surface area contributed by atoms with Crippen molar-refractivity contribution in [2.24, 2.45) is 0 Å². The molecule has 1 atom stereocenters. The summed E-state index contributed by atoms with van der Waals surface area (Å²) in [6.45, 7) is 3.37. The molecule has 1 heterocycles. The third-order valence-electron chi connectivity index (χ3n) is 2.36. The number of halogens is 3. The summed E-state index contributed by atoms with van der Waals surface area (Å²) < 4.78 is 38.5. The Labute approximate surface area is 91.5 Å². The van der Waals surface area contributed by atoms with Gasteiger partial charge in [-0.25, -0.2) is 0 Å². The first-order valence-electron chi connectivity index (χ1n) is 4.90. The van der Waals surface area contributed by atoms with Crippen molar-refractivity contribution in [3.63, 3.8) is 0 Å². The Morgan fingerprint density at radius 3 is 2.56 bits per heavy atom. The van der Waals surface area contributed by atoms with Crippen LogP contribution in [-0.2, 0) is 6.18 Å². The molecule has 88 valence electrons. The van der Waals surface area contributed by atoms with Gasteiger partial charge >= 0.3 is 6.18 Å². The highest BCUT2D eigenvalue weighted by Gasteiger charge is 2.34. The third-order valence-corrected chi connectivity index (χ3v) is 2.36. The van der Waals surface area contributed by atoms with Crippen LogP contribution >= 0.6 is 0 Å². The van der Waals surface area contributed by atoms with Gasteiger partial charge in [-0.2, -0.15) is 23.5 Å². The van der Waals surface area contributed by atoms with E-state index >= 15 is 0 Å². The molecule has 16 heavy (non-hydrogen) atoms. The van der Waals surface area contributed by atoms with Crippen LogP contribution in [0, 0.1) is 18.3 Å². The second kappa shape index (κ2) is 4.56. The minimum absolute atomic E-state index is 0.163. The Kier molecular flexibility index (Phi) is 3.58. The summed E-state index contributed by atoms with van der Waals surface area (Å²) in [6.07, 6.45) is -3.69. The van der Waals surface area contributed by atoms with E-state index in [2.05, 4.69) is 5.10 Å². The van der Waals surface area contributed by atoms with Crippen LogP contribution in [0.5, 0.6) is 0 Å². The molecule has 0 saturated carbocycles. The van der Waals surface area contributed by atoms with Gasteiger partial charge in [-0.3, -0.25) is 4.68 Å². The molecule has 0 N–H and O–H groups in total. The number of aryl methyl sites for hydroxylation is 1. The standard InChI is InChI=1S/C10H12F3N3/c1-3-8(4-5-14)16-7(2)6-9(15-16)10(11,12)13/h6,8H,3-4H2,1-2H3. The first-order valence-corrected chi connectivity index (χ1v) is 4.90. The molecule has 0 fully saturated rings. The van der Waals surface area contributed by atoms with E-state index < -0.39 is 11.9 Å². The molecule has 0 bridgehead atoms. The van der Waals surface area contributed by atoms with Crippen LogP contribution in [-0.4, -0.2) is 9.78 Å². The molecule has 0 amide bonds. The van der Waals surface area contributed by atoms with E-state index in [1.165, 1.54) is 4.68 Å². The molecule has 1 unspecified atom stereocenters. The van der Waals surface area contributed by atoms with Gasteiger partial charge in [0.2, 0.25) is 0 Å². The maximum atomic E-state index is 12.4. The summed E-state index contributed by atoms with van der Waals surface area (Å²) in [5.41, 5.74) is -0.476. The van der Waals surface area contributed by atoms with Gasteiger partial charge in [0.25, 0.3) is 0 Å². The largest absolute Gasteiger partial charge is 0.435 e. The Hall–Kier alpha value is -1.51. The molecule has 3 nitrogen and oxygen atoms in total. The van der Waals surface area contributed by atoms with Crippen molar-refractivity contribution in [1.82, 2.24) is 9.78 Å². The average Bonchev–Trinajstić information content (AvgIpc) is 2.56. The summed E-state index contributed by atoms with van der Waals surface area (Å²) >= 11 is 0. The quantitative estimate of drug-likeness (QED) is 0.802. The lowest BCUT2D eigenvalue weighted by atomic mass is 10.1. The van der Waals surface area contributed by atoms with Gasteiger partial charge in [-0.05, 0) is 19.4 Å². The number of hydrogen-bond acceptors (Lipinski definition) is 2. The molecule has 0 aliphatic heterocycles. The maximum Gasteiger partial charge on any atom is 0.435 e. The van der Waals surface area contributed by atoms with E-state index in [1.54, 1.807) is 6.92 Å². The molecule has 1 rings (SSSR count). The van der Waals surface area contributed by atoms with Gasteiger partial charge < -0.3 is 0 Å². The zero-order valence-electron chi connectivity index (χ0n) is 9.04. The molecular weight excluding hydrogens is 219 g/mol. The van der Waals surface area contributed by atoms with Gasteiger partial charge in [-0.15, -0.1) is 0 Å². The van der Waals surface area contributed by atoms with Crippen LogP contribution < -0.4 is 0 Å². The van der Waals surface area contributed by atoms with Gasteiger partial charge in [0, 0.05) is 5.69 Å². The molecule has 0 spiro atoms. The van der Waals surface area contributed by atoms with Crippen molar-refractivity contribution in [3.05, 3.63) is 17.5 Å². The Morgan fingerprint density at radius 1 is 1.56 bits per heavy atom. The van der Waals surface area contributed by atoms with Crippen LogP contribution in [0.1, 0.15) is 37.2 Å². The second-order valence-corrected chi connectivity index (χ2v) is 3.54. The monoisotopic (exact) mass is 231 g/mol. The predicted octanol–water partition coefficient (Wildman–Crippen LogP) is 3.08.